The van der Waals surface area contributed by atoms with Crippen LogP contribution in [0.1, 0.15) is 6.92 Å². The van der Waals surface area contributed by atoms with E-state index in [0.717, 1.165) is 23.4 Å². The van der Waals surface area contributed by atoms with Crippen LogP contribution in [-0.4, -0.2) is 35.8 Å². The lowest BCUT2D eigenvalue weighted by Crippen LogP contribution is -2.44. The molecule has 2 heterocycles. The van der Waals surface area contributed by atoms with Gasteiger partial charge in [0, 0.05) is 12.7 Å². The maximum atomic E-state index is 5.78. The lowest BCUT2D eigenvalue weighted by atomic mass is 10.2. The van der Waals surface area contributed by atoms with E-state index < -0.39 is 0 Å². The number of nitrogens with zero attached hydrogens (tertiary/aromatic N) is 3. The summed E-state index contributed by atoms with van der Waals surface area (Å²) >= 11 is 9.21. The van der Waals surface area contributed by atoms with Gasteiger partial charge in [-0.25, -0.2) is 4.98 Å². The fourth-order valence-electron chi connectivity index (χ4n) is 1.58. The third-order valence-electron chi connectivity index (χ3n) is 2.34. The number of aromatic nitrogens is 2. The summed E-state index contributed by atoms with van der Waals surface area (Å²) < 4.78 is 6.23. The number of ether oxygens (including phenoxy) is 1. The zero-order chi connectivity index (χ0) is 10.8. The van der Waals surface area contributed by atoms with Gasteiger partial charge in [0.05, 0.1) is 23.7 Å². The van der Waals surface area contributed by atoms with Crippen LogP contribution in [0.2, 0.25) is 5.28 Å². The van der Waals surface area contributed by atoms with Crippen LogP contribution in [0.25, 0.3) is 0 Å². The van der Waals surface area contributed by atoms with Crippen molar-refractivity contribution in [3.05, 3.63) is 16.0 Å². The predicted octanol–water partition coefficient (Wildman–Crippen LogP) is 2.12. The van der Waals surface area contributed by atoms with E-state index in [1.807, 2.05) is 0 Å². The summed E-state index contributed by atoms with van der Waals surface area (Å²) in [5.41, 5.74) is 0. The quantitative estimate of drug-likeness (QED) is 0.743. The normalized spacial score (nSPS) is 21.8. The van der Waals surface area contributed by atoms with E-state index in [4.69, 9.17) is 16.3 Å². The first-order valence-electron chi connectivity index (χ1n) is 4.71. The fourth-order valence-corrected chi connectivity index (χ4v) is 2.13. The monoisotopic (exact) mass is 291 g/mol. The summed E-state index contributed by atoms with van der Waals surface area (Å²) in [6, 6.07) is 0.306. The molecule has 0 aromatic carbocycles. The second kappa shape index (κ2) is 4.63. The molecule has 4 nitrogen and oxygen atoms in total. The van der Waals surface area contributed by atoms with Gasteiger partial charge in [0.25, 0.3) is 0 Å². The van der Waals surface area contributed by atoms with Gasteiger partial charge in [-0.05, 0) is 34.5 Å². The Kier molecular flexibility index (Phi) is 3.43. The molecule has 1 aliphatic rings. The molecule has 1 aromatic rings. The molecule has 1 aliphatic heterocycles. The first-order chi connectivity index (χ1) is 7.18. The van der Waals surface area contributed by atoms with Gasteiger partial charge in [-0.1, -0.05) is 0 Å². The zero-order valence-corrected chi connectivity index (χ0v) is 10.6. The number of halogens is 2. The third kappa shape index (κ3) is 2.41. The van der Waals surface area contributed by atoms with Crippen LogP contribution in [-0.2, 0) is 4.74 Å². The summed E-state index contributed by atoms with van der Waals surface area (Å²) in [5, 5.41) is 0.270. The molecule has 1 unspecified atom stereocenters. The van der Waals surface area contributed by atoms with Crippen molar-refractivity contribution in [1.29, 1.82) is 0 Å². The number of hydrogen-bond acceptors (Lipinski definition) is 4. The van der Waals surface area contributed by atoms with Gasteiger partial charge in [-0.3, -0.25) is 0 Å². The maximum Gasteiger partial charge on any atom is 0.224 e. The van der Waals surface area contributed by atoms with Crippen molar-refractivity contribution in [2.24, 2.45) is 0 Å². The predicted molar refractivity (Wildman–Crippen MR) is 62.4 cm³/mol. The van der Waals surface area contributed by atoms with Crippen LogP contribution >= 0.6 is 27.5 Å². The molecule has 0 saturated carbocycles. The minimum Gasteiger partial charge on any atom is -0.377 e. The number of hydrogen-bond donors (Lipinski definition) is 0. The molecule has 1 saturated heterocycles. The highest BCUT2D eigenvalue weighted by Crippen LogP contribution is 2.26. The summed E-state index contributed by atoms with van der Waals surface area (Å²) in [7, 11) is 0. The van der Waals surface area contributed by atoms with E-state index in [1.54, 1.807) is 6.20 Å². The van der Waals surface area contributed by atoms with Crippen LogP contribution in [0.5, 0.6) is 0 Å². The van der Waals surface area contributed by atoms with Crippen molar-refractivity contribution >= 4 is 33.3 Å². The molecule has 15 heavy (non-hydrogen) atoms. The first kappa shape index (κ1) is 11.1. The zero-order valence-electron chi connectivity index (χ0n) is 8.28. The van der Waals surface area contributed by atoms with Gasteiger partial charge in [-0.15, -0.1) is 0 Å². The Labute approximate surface area is 102 Å². The molecule has 0 amide bonds. The summed E-state index contributed by atoms with van der Waals surface area (Å²) in [6.45, 7) is 4.36. The van der Waals surface area contributed by atoms with Gasteiger partial charge < -0.3 is 9.64 Å². The van der Waals surface area contributed by atoms with E-state index in [9.17, 15) is 0 Å². The van der Waals surface area contributed by atoms with Crippen LogP contribution in [0.4, 0.5) is 5.82 Å². The minimum atomic E-state index is 0.270. The lowest BCUT2D eigenvalue weighted by Gasteiger charge is -2.34. The van der Waals surface area contributed by atoms with Crippen molar-refractivity contribution in [3.63, 3.8) is 0 Å². The second-order valence-corrected chi connectivity index (χ2v) is 4.62. The molecular weight excluding hydrogens is 281 g/mol. The van der Waals surface area contributed by atoms with E-state index in [2.05, 4.69) is 37.7 Å². The third-order valence-corrected chi connectivity index (χ3v) is 3.08. The van der Waals surface area contributed by atoms with Gasteiger partial charge in [0.2, 0.25) is 5.28 Å². The summed E-state index contributed by atoms with van der Waals surface area (Å²) in [5.74, 6) is 0.839. The maximum absolute atomic E-state index is 5.78. The molecule has 6 heteroatoms. The van der Waals surface area contributed by atoms with Crippen LogP contribution in [0, 0.1) is 0 Å². The van der Waals surface area contributed by atoms with Crippen LogP contribution < -0.4 is 4.90 Å². The number of rotatable bonds is 1. The topological polar surface area (TPSA) is 38.2 Å². The molecule has 0 N–H and O–H groups in total. The Bertz CT molecular complexity index is 363. The van der Waals surface area contributed by atoms with Gasteiger partial charge in [0.1, 0.15) is 5.82 Å². The summed E-state index contributed by atoms with van der Waals surface area (Å²) in [6.07, 6.45) is 1.67. The number of anilines is 1. The minimum absolute atomic E-state index is 0.270. The fraction of sp³-hybridized carbons (Fsp3) is 0.556. The molecule has 1 atom stereocenters. The lowest BCUT2D eigenvalue weighted by molar-refractivity contribution is 0.0984. The average molecular weight is 293 g/mol. The molecule has 0 radical (unpaired) electrons. The van der Waals surface area contributed by atoms with E-state index >= 15 is 0 Å². The second-order valence-electron chi connectivity index (χ2n) is 3.43. The molecule has 0 bridgehead atoms. The molecular formula is C9H11BrClN3O. The Morgan fingerprint density at radius 2 is 2.47 bits per heavy atom. The van der Waals surface area contributed by atoms with Crippen molar-refractivity contribution in [2.75, 3.05) is 24.7 Å². The highest BCUT2D eigenvalue weighted by molar-refractivity contribution is 9.10. The molecule has 1 fully saturated rings. The molecule has 2 rings (SSSR count). The Balaban J connectivity index is 2.30. The Morgan fingerprint density at radius 3 is 3.20 bits per heavy atom. The Morgan fingerprint density at radius 1 is 1.67 bits per heavy atom. The average Bonchev–Trinajstić information content (AvgIpc) is 2.23. The molecule has 1 aromatic heterocycles. The van der Waals surface area contributed by atoms with Crippen molar-refractivity contribution < 1.29 is 4.74 Å². The van der Waals surface area contributed by atoms with Gasteiger partial charge in [0.15, 0.2) is 0 Å². The standard InChI is InChI=1S/C9H11BrClN3O/c1-6-5-15-3-2-14(6)8-7(10)4-12-9(11)13-8/h4,6H,2-3,5H2,1H3. The van der Waals surface area contributed by atoms with Crippen molar-refractivity contribution in [2.45, 2.75) is 13.0 Å². The largest absolute Gasteiger partial charge is 0.377 e. The molecule has 0 aliphatic carbocycles. The highest BCUT2D eigenvalue weighted by Gasteiger charge is 2.22. The highest BCUT2D eigenvalue weighted by atomic mass is 79.9. The Hall–Kier alpha value is -0.390. The SMILES string of the molecule is CC1COCCN1c1nc(Cl)ncc1Br. The van der Waals surface area contributed by atoms with Crippen molar-refractivity contribution in [1.82, 2.24) is 9.97 Å². The summed E-state index contributed by atoms with van der Waals surface area (Å²) in [4.78, 5) is 10.3. The number of morpholine rings is 1. The van der Waals surface area contributed by atoms with Crippen molar-refractivity contribution in [3.8, 4) is 0 Å². The smallest absolute Gasteiger partial charge is 0.224 e. The van der Waals surface area contributed by atoms with Crippen LogP contribution in [0.3, 0.4) is 0 Å². The van der Waals surface area contributed by atoms with E-state index in [1.165, 1.54) is 0 Å². The van der Waals surface area contributed by atoms with Gasteiger partial charge in [-0.2, -0.15) is 4.98 Å². The first-order valence-corrected chi connectivity index (χ1v) is 5.88. The molecule has 0 spiro atoms. The van der Waals surface area contributed by atoms with Gasteiger partial charge >= 0.3 is 0 Å². The molecule has 82 valence electrons. The van der Waals surface area contributed by atoms with E-state index in [-0.39, 0.29) is 5.28 Å². The van der Waals surface area contributed by atoms with Crippen LogP contribution in [0.15, 0.2) is 10.7 Å². The van der Waals surface area contributed by atoms with E-state index in [0.29, 0.717) is 12.6 Å².